The van der Waals surface area contributed by atoms with Gasteiger partial charge in [0.25, 0.3) is 0 Å². The number of rotatable bonds is 8. The van der Waals surface area contributed by atoms with Crippen molar-refractivity contribution in [3.63, 3.8) is 0 Å². The van der Waals surface area contributed by atoms with Gasteiger partial charge >= 0.3 is 5.97 Å². The van der Waals surface area contributed by atoms with Crippen molar-refractivity contribution in [3.8, 4) is 0 Å². The molecule has 0 saturated carbocycles. The van der Waals surface area contributed by atoms with Gasteiger partial charge in [0, 0.05) is 17.4 Å². The fourth-order valence-electron chi connectivity index (χ4n) is 1.75. The van der Waals surface area contributed by atoms with Crippen molar-refractivity contribution in [3.05, 3.63) is 28.2 Å². The highest BCUT2D eigenvalue weighted by Gasteiger charge is 2.13. The minimum Gasteiger partial charge on any atom is -0.469 e. The number of sulfonamides is 1. The topological polar surface area (TPSA) is 72.5 Å². The van der Waals surface area contributed by atoms with Crippen molar-refractivity contribution >= 4 is 31.9 Å². The maximum atomic E-state index is 12.1. The van der Waals surface area contributed by atoms with Gasteiger partial charge in [-0.25, -0.2) is 13.1 Å². The summed E-state index contributed by atoms with van der Waals surface area (Å²) in [6.45, 7) is 2.20. The van der Waals surface area contributed by atoms with Gasteiger partial charge in [-0.3, -0.25) is 4.79 Å². The summed E-state index contributed by atoms with van der Waals surface area (Å²) >= 11 is 3.34. The summed E-state index contributed by atoms with van der Waals surface area (Å²) < 4.78 is 32.1. The summed E-state index contributed by atoms with van der Waals surface area (Å²) in [6, 6.07) is 4.92. The maximum absolute atomic E-state index is 12.1. The summed E-state index contributed by atoms with van der Waals surface area (Å²) in [5.41, 5.74) is 0.871. The van der Waals surface area contributed by atoms with Crippen LogP contribution in [0, 0.1) is 6.92 Å². The molecule has 0 atom stereocenters. The van der Waals surface area contributed by atoms with Crippen LogP contribution in [0.3, 0.4) is 0 Å². The number of hydrogen-bond acceptors (Lipinski definition) is 4. The number of hydrogen-bond donors (Lipinski definition) is 1. The first-order valence-corrected chi connectivity index (χ1v) is 8.97. The zero-order chi connectivity index (χ0) is 15.9. The van der Waals surface area contributed by atoms with Crippen LogP contribution in [0.1, 0.15) is 31.2 Å². The highest BCUT2D eigenvalue weighted by atomic mass is 79.9. The van der Waals surface area contributed by atoms with E-state index in [9.17, 15) is 13.2 Å². The van der Waals surface area contributed by atoms with Crippen molar-refractivity contribution in [2.75, 3.05) is 13.7 Å². The van der Waals surface area contributed by atoms with Crippen molar-refractivity contribution < 1.29 is 17.9 Å². The molecule has 0 heterocycles. The van der Waals surface area contributed by atoms with Gasteiger partial charge < -0.3 is 4.74 Å². The molecule has 118 valence electrons. The summed E-state index contributed by atoms with van der Waals surface area (Å²) in [4.78, 5) is 11.2. The zero-order valence-electron chi connectivity index (χ0n) is 12.2. The predicted molar refractivity (Wildman–Crippen MR) is 84.6 cm³/mol. The van der Waals surface area contributed by atoms with E-state index < -0.39 is 10.0 Å². The Morgan fingerprint density at radius 2 is 2.00 bits per heavy atom. The van der Waals surface area contributed by atoms with Crippen LogP contribution in [0.15, 0.2) is 27.6 Å². The molecule has 1 aromatic carbocycles. The fraction of sp³-hybridized carbons (Fsp3) is 0.500. The molecule has 0 aliphatic carbocycles. The number of methoxy groups -OCH3 is 1. The molecule has 5 nitrogen and oxygen atoms in total. The van der Waals surface area contributed by atoms with E-state index in [1.54, 1.807) is 18.2 Å². The first-order chi connectivity index (χ1) is 9.86. The largest absolute Gasteiger partial charge is 0.469 e. The maximum Gasteiger partial charge on any atom is 0.305 e. The number of carbonyl (C=O) groups is 1. The second-order valence-electron chi connectivity index (χ2n) is 4.70. The molecule has 0 aliphatic rings. The second-order valence-corrected chi connectivity index (χ2v) is 7.32. The van der Waals surface area contributed by atoms with Crippen LogP contribution in [0.4, 0.5) is 0 Å². The van der Waals surface area contributed by atoms with Gasteiger partial charge in [-0.05, 0) is 43.5 Å². The lowest BCUT2D eigenvalue weighted by Crippen LogP contribution is -2.24. The van der Waals surface area contributed by atoms with Gasteiger partial charge in [0.2, 0.25) is 10.0 Å². The number of benzene rings is 1. The zero-order valence-corrected chi connectivity index (χ0v) is 14.6. The van der Waals surface area contributed by atoms with Gasteiger partial charge in [0.15, 0.2) is 0 Å². The van der Waals surface area contributed by atoms with E-state index in [4.69, 9.17) is 0 Å². The number of ether oxygens (including phenoxy) is 1. The van der Waals surface area contributed by atoms with Crippen LogP contribution in [0.25, 0.3) is 0 Å². The van der Waals surface area contributed by atoms with E-state index in [-0.39, 0.29) is 10.9 Å². The van der Waals surface area contributed by atoms with E-state index in [1.165, 1.54) is 7.11 Å². The Hall–Kier alpha value is -0.920. The van der Waals surface area contributed by atoms with Crippen LogP contribution < -0.4 is 4.72 Å². The first-order valence-electron chi connectivity index (χ1n) is 6.69. The van der Waals surface area contributed by atoms with Crippen LogP contribution in [-0.2, 0) is 19.6 Å². The minimum atomic E-state index is -3.47. The Bertz CT molecular complexity index is 587. The standard InChI is InChI=1S/C14H20BrNO4S/c1-11-10-12(7-8-13(11)15)21(18,19)16-9-5-3-4-6-14(17)20-2/h7-8,10,16H,3-6,9H2,1-2H3. The Kier molecular flexibility index (Phi) is 7.34. The summed E-state index contributed by atoms with van der Waals surface area (Å²) in [6.07, 6.45) is 2.53. The molecule has 7 heteroatoms. The molecule has 0 bridgehead atoms. The number of carbonyl (C=O) groups excluding carboxylic acids is 1. The van der Waals surface area contributed by atoms with Crippen LogP contribution in [-0.4, -0.2) is 28.0 Å². The number of nitrogens with one attached hydrogen (secondary N) is 1. The highest BCUT2D eigenvalue weighted by Crippen LogP contribution is 2.19. The predicted octanol–water partition coefficient (Wildman–Crippen LogP) is 2.77. The number of halogens is 1. The monoisotopic (exact) mass is 377 g/mol. The quantitative estimate of drug-likeness (QED) is 0.558. The third-order valence-corrected chi connectivity index (χ3v) is 5.37. The normalized spacial score (nSPS) is 11.4. The lowest BCUT2D eigenvalue weighted by molar-refractivity contribution is -0.140. The molecule has 0 saturated heterocycles. The average Bonchev–Trinajstić information content (AvgIpc) is 2.45. The summed E-state index contributed by atoms with van der Waals surface area (Å²) in [5, 5.41) is 0. The van der Waals surface area contributed by atoms with Crippen LogP contribution in [0.5, 0.6) is 0 Å². The van der Waals surface area contributed by atoms with Crippen molar-refractivity contribution in [2.45, 2.75) is 37.5 Å². The van der Waals surface area contributed by atoms with E-state index in [0.717, 1.165) is 16.5 Å². The SMILES string of the molecule is COC(=O)CCCCCNS(=O)(=O)c1ccc(Br)c(C)c1. The van der Waals surface area contributed by atoms with Gasteiger partial charge in [0.05, 0.1) is 12.0 Å². The fourth-order valence-corrected chi connectivity index (χ4v) is 3.15. The molecule has 0 aromatic heterocycles. The molecule has 0 aliphatic heterocycles. The van der Waals surface area contributed by atoms with E-state index in [0.29, 0.717) is 25.8 Å². The molecular formula is C14H20BrNO4S. The van der Waals surface area contributed by atoms with Gasteiger partial charge in [-0.1, -0.05) is 22.4 Å². The van der Waals surface area contributed by atoms with E-state index in [2.05, 4.69) is 25.4 Å². The summed E-state index contributed by atoms with van der Waals surface area (Å²) in [5.74, 6) is -0.235. The Balaban J connectivity index is 2.40. The Labute approximate surface area is 134 Å². The number of unbranched alkanes of at least 4 members (excludes halogenated alkanes) is 2. The molecule has 0 fully saturated rings. The number of aryl methyl sites for hydroxylation is 1. The average molecular weight is 378 g/mol. The molecule has 0 spiro atoms. The minimum absolute atomic E-state index is 0.235. The van der Waals surface area contributed by atoms with Crippen LogP contribution in [0.2, 0.25) is 0 Å². The molecule has 0 radical (unpaired) electrons. The lowest BCUT2D eigenvalue weighted by Gasteiger charge is -2.08. The molecule has 1 aromatic rings. The third-order valence-electron chi connectivity index (χ3n) is 3.02. The molecule has 0 unspecified atom stereocenters. The van der Waals surface area contributed by atoms with Gasteiger partial charge in [-0.15, -0.1) is 0 Å². The van der Waals surface area contributed by atoms with Crippen molar-refractivity contribution in [1.29, 1.82) is 0 Å². The Morgan fingerprint density at radius 3 is 2.62 bits per heavy atom. The second kappa shape index (κ2) is 8.51. The molecular weight excluding hydrogens is 358 g/mol. The smallest absolute Gasteiger partial charge is 0.305 e. The van der Waals surface area contributed by atoms with Crippen LogP contribution >= 0.6 is 15.9 Å². The molecule has 1 N–H and O–H groups in total. The lowest BCUT2D eigenvalue weighted by atomic mass is 10.2. The molecule has 21 heavy (non-hydrogen) atoms. The third kappa shape index (κ3) is 6.15. The van der Waals surface area contributed by atoms with Crippen molar-refractivity contribution in [1.82, 2.24) is 4.72 Å². The number of esters is 1. The van der Waals surface area contributed by atoms with Gasteiger partial charge in [0.1, 0.15) is 0 Å². The van der Waals surface area contributed by atoms with Crippen molar-refractivity contribution in [2.24, 2.45) is 0 Å². The van der Waals surface area contributed by atoms with E-state index >= 15 is 0 Å². The summed E-state index contributed by atoms with van der Waals surface area (Å²) in [7, 11) is -2.11. The molecule has 0 amide bonds. The first kappa shape index (κ1) is 18.1. The van der Waals surface area contributed by atoms with Gasteiger partial charge in [-0.2, -0.15) is 0 Å². The Morgan fingerprint density at radius 1 is 1.29 bits per heavy atom. The highest BCUT2D eigenvalue weighted by molar-refractivity contribution is 9.10. The van der Waals surface area contributed by atoms with E-state index in [1.807, 2.05) is 6.92 Å². The molecule has 1 rings (SSSR count).